The highest BCUT2D eigenvalue weighted by molar-refractivity contribution is 5.84. The second-order valence-electron chi connectivity index (χ2n) is 5.87. The summed E-state index contributed by atoms with van der Waals surface area (Å²) in [5.74, 6) is 0.413. The zero-order valence-corrected chi connectivity index (χ0v) is 12.9. The molecule has 1 aromatic rings. The lowest BCUT2D eigenvalue weighted by Crippen LogP contribution is -2.48. The van der Waals surface area contributed by atoms with Crippen LogP contribution >= 0.6 is 0 Å². The van der Waals surface area contributed by atoms with Gasteiger partial charge in [0.1, 0.15) is 5.54 Å². The normalized spacial score (nSPS) is 11.5. The van der Waals surface area contributed by atoms with E-state index >= 15 is 0 Å². The number of benzene rings is 1. The highest BCUT2D eigenvalue weighted by atomic mass is 16.5. The molecule has 1 rings (SSSR count). The Labute approximate surface area is 116 Å². The molecule has 0 unspecified atom stereocenters. The van der Waals surface area contributed by atoms with E-state index in [0.29, 0.717) is 5.92 Å². The summed E-state index contributed by atoms with van der Waals surface area (Å²) in [6, 6.07) is 8.36. The molecule has 0 saturated heterocycles. The molecule has 0 atom stereocenters. The summed E-state index contributed by atoms with van der Waals surface area (Å²) >= 11 is 0. The Morgan fingerprint density at radius 2 is 1.79 bits per heavy atom. The predicted octanol–water partition coefficient (Wildman–Crippen LogP) is 3.27. The second-order valence-corrected chi connectivity index (χ2v) is 5.87. The Bertz CT molecular complexity index is 421. The zero-order chi connectivity index (χ0) is 14.6. The Morgan fingerprint density at radius 3 is 2.21 bits per heavy atom. The number of rotatable bonds is 5. The van der Waals surface area contributed by atoms with Crippen LogP contribution in [0.4, 0.5) is 5.69 Å². The van der Waals surface area contributed by atoms with Gasteiger partial charge in [0.05, 0.1) is 7.11 Å². The van der Waals surface area contributed by atoms with Gasteiger partial charge in [-0.3, -0.25) is 0 Å². The van der Waals surface area contributed by atoms with Gasteiger partial charge in [0.2, 0.25) is 0 Å². The maximum atomic E-state index is 11.8. The average Bonchev–Trinajstić information content (AvgIpc) is 2.37. The van der Waals surface area contributed by atoms with Gasteiger partial charge >= 0.3 is 5.97 Å². The third-order valence-electron chi connectivity index (χ3n) is 3.49. The highest BCUT2D eigenvalue weighted by Crippen LogP contribution is 2.24. The molecule has 3 heteroatoms. The first-order valence-electron chi connectivity index (χ1n) is 6.70. The SMILES string of the molecule is COC(=O)C(C)(C)N(C)c1ccc(CC(C)C)cc1. The van der Waals surface area contributed by atoms with Crippen molar-refractivity contribution in [3.8, 4) is 0 Å². The van der Waals surface area contributed by atoms with Crippen molar-refractivity contribution in [2.75, 3.05) is 19.1 Å². The minimum atomic E-state index is -0.672. The number of ether oxygens (including phenoxy) is 1. The van der Waals surface area contributed by atoms with Crippen LogP contribution in [0, 0.1) is 5.92 Å². The predicted molar refractivity (Wildman–Crippen MR) is 79.5 cm³/mol. The maximum absolute atomic E-state index is 11.8. The quantitative estimate of drug-likeness (QED) is 0.764. The molecule has 0 aliphatic heterocycles. The summed E-state index contributed by atoms with van der Waals surface area (Å²) in [6.07, 6.45) is 1.07. The minimum absolute atomic E-state index is 0.235. The first kappa shape index (κ1) is 15.5. The lowest BCUT2D eigenvalue weighted by atomic mass is 10.0. The largest absolute Gasteiger partial charge is 0.467 e. The summed E-state index contributed by atoms with van der Waals surface area (Å²) < 4.78 is 4.85. The molecule has 0 aliphatic rings. The Morgan fingerprint density at radius 1 is 1.26 bits per heavy atom. The summed E-state index contributed by atoms with van der Waals surface area (Å²) in [4.78, 5) is 13.7. The molecule has 0 aliphatic carbocycles. The number of esters is 1. The molecule has 106 valence electrons. The second kappa shape index (κ2) is 6.09. The van der Waals surface area contributed by atoms with E-state index in [1.165, 1.54) is 12.7 Å². The number of carbonyl (C=O) groups excluding carboxylic acids is 1. The van der Waals surface area contributed by atoms with Crippen LogP contribution < -0.4 is 4.90 Å². The van der Waals surface area contributed by atoms with E-state index in [1.54, 1.807) is 0 Å². The van der Waals surface area contributed by atoms with Gasteiger partial charge in [0, 0.05) is 12.7 Å². The van der Waals surface area contributed by atoms with Crippen molar-refractivity contribution >= 4 is 11.7 Å². The van der Waals surface area contributed by atoms with Gasteiger partial charge < -0.3 is 9.64 Å². The number of hydrogen-bond acceptors (Lipinski definition) is 3. The molecule has 3 nitrogen and oxygen atoms in total. The van der Waals surface area contributed by atoms with Crippen molar-refractivity contribution in [3.63, 3.8) is 0 Å². The zero-order valence-electron chi connectivity index (χ0n) is 12.9. The van der Waals surface area contributed by atoms with E-state index in [0.717, 1.165) is 12.1 Å². The number of nitrogens with zero attached hydrogens (tertiary/aromatic N) is 1. The number of methoxy groups -OCH3 is 1. The molecule has 0 radical (unpaired) electrons. The lowest BCUT2D eigenvalue weighted by Gasteiger charge is -2.34. The Kier molecular flexibility index (Phi) is 4.98. The molecule has 1 aromatic carbocycles. The number of hydrogen-bond donors (Lipinski definition) is 0. The molecule has 0 spiro atoms. The number of likely N-dealkylation sites (N-methyl/N-ethyl adjacent to an activating group) is 1. The van der Waals surface area contributed by atoms with Crippen LogP contribution in [0.5, 0.6) is 0 Å². The van der Waals surface area contributed by atoms with Crippen molar-refractivity contribution in [2.24, 2.45) is 5.92 Å². The summed E-state index contributed by atoms with van der Waals surface area (Å²) in [5, 5.41) is 0. The lowest BCUT2D eigenvalue weighted by molar-refractivity contribution is -0.145. The summed E-state index contributed by atoms with van der Waals surface area (Å²) in [6.45, 7) is 8.14. The molecular weight excluding hydrogens is 238 g/mol. The molecule has 0 bridgehead atoms. The fourth-order valence-corrected chi connectivity index (χ4v) is 2.04. The molecule has 19 heavy (non-hydrogen) atoms. The van der Waals surface area contributed by atoms with Crippen molar-refractivity contribution < 1.29 is 9.53 Å². The minimum Gasteiger partial charge on any atom is -0.467 e. The van der Waals surface area contributed by atoms with Gasteiger partial charge in [-0.2, -0.15) is 0 Å². The molecule has 0 heterocycles. The molecule has 0 saturated carbocycles. The third-order valence-corrected chi connectivity index (χ3v) is 3.49. The molecular formula is C16H25NO2. The summed E-state index contributed by atoms with van der Waals surface area (Å²) in [5.41, 5.74) is 1.67. The van der Waals surface area contributed by atoms with E-state index in [1.807, 2.05) is 25.8 Å². The van der Waals surface area contributed by atoms with E-state index in [4.69, 9.17) is 4.74 Å². The van der Waals surface area contributed by atoms with Crippen molar-refractivity contribution in [3.05, 3.63) is 29.8 Å². The van der Waals surface area contributed by atoms with Crippen LogP contribution in [0.15, 0.2) is 24.3 Å². The third kappa shape index (κ3) is 3.72. The van der Waals surface area contributed by atoms with Gasteiger partial charge in [-0.15, -0.1) is 0 Å². The van der Waals surface area contributed by atoms with Gasteiger partial charge in [-0.25, -0.2) is 4.79 Å². The van der Waals surface area contributed by atoms with Crippen LogP contribution in [0.3, 0.4) is 0 Å². The first-order valence-corrected chi connectivity index (χ1v) is 6.70. The average molecular weight is 263 g/mol. The monoisotopic (exact) mass is 263 g/mol. The van der Waals surface area contributed by atoms with Crippen molar-refractivity contribution in [2.45, 2.75) is 39.7 Å². The molecule has 0 amide bonds. The van der Waals surface area contributed by atoms with Gasteiger partial charge in [0.15, 0.2) is 0 Å². The molecule has 0 N–H and O–H groups in total. The Balaban J connectivity index is 2.88. The summed E-state index contributed by atoms with van der Waals surface area (Å²) in [7, 11) is 3.33. The standard InChI is InChI=1S/C16H25NO2/c1-12(2)11-13-7-9-14(10-8-13)17(5)16(3,4)15(18)19-6/h7-10,12H,11H2,1-6H3. The van der Waals surface area contributed by atoms with Crippen LogP contribution in [-0.4, -0.2) is 25.7 Å². The number of anilines is 1. The van der Waals surface area contributed by atoms with E-state index in [2.05, 4.69) is 38.1 Å². The van der Waals surface area contributed by atoms with Crippen LogP contribution in [0.25, 0.3) is 0 Å². The van der Waals surface area contributed by atoms with Crippen LogP contribution in [0.2, 0.25) is 0 Å². The fraction of sp³-hybridized carbons (Fsp3) is 0.562. The van der Waals surface area contributed by atoms with Crippen LogP contribution in [-0.2, 0) is 16.0 Å². The maximum Gasteiger partial charge on any atom is 0.331 e. The first-order chi connectivity index (χ1) is 8.78. The highest BCUT2D eigenvalue weighted by Gasteiger charge is 2.33. The smallest absolute Gasteiger partial charge is 0.331 e. The van der Waals surface area contributed by atoms with Gasteiger partial charge in [-0.1, -0.05) is 26.0 Å². The molecule has 0 fully saturated rings. The van der Waals surface area contributed by atoms with Gasteiger partial charge in [0.25, 0.3) is 0 Å². The molecule has 0 aromatic heterocycles. The Hall–Kier alpha value is -1.51. The van der Waals surface area contributed by atoms with Crippen molar-refractivity contribution in [1.82, 2.24) is 0 Å². The number of carbonyl (C=O) groups is 1. The van der Waals surface area contributed by atoms with Gasteiger partial charge in [-0.05, 0) is 43.9 Å². The van der Waals surface area contributed by atoms with E-state index in [9.17, 15) is 4.79 Å². The van der Waals surface area contributed by atoms with Crippen molar-refractivity contribution in [1.29, 1.82) is 0 Å². The fourth-order valence-electron chi connectivity index (χ4n) is 2.04. The van der Waals surface area contributed by atoms with E-state index in [-0.39, 0.29) is 5.97 Å². The van der Waals surface area contributed by atoms with Crippen LogP contribution in [0.1, 0.15) is 33.3 Å². The van der Waals surface area contributed by atoms with E-state index < -0.39 is 5.54 Å². The topological polar surface area (TPSA) is 29.5 Å².